The average Bonchev–Trinajstić information content (AvgIpc) is 2.62. The highest BCUT2D eigenvalue weighted by molar-refractivity contribution is 6.31. The third-order valence-electron chi connectivity index (χ3n) is 3.70. The largest absolute Gasteiger partial charge is 0.362 e. The molecule has 0 aliphatic rings. The first-order valence-electron chi connectivity index (χ1n) is 7.92. The lowest BCUT2D eigenvalue weighted by Crippen LogP contribution is -2.13. The topological polar surface area (TPSA) is 66.9 Å². The van der Waals surface area contributed by atoms with E-state index in [-0.39, 0.29) is 11.9 Å². The fourth-order valence-electron chi connectivity index (χ4n) is 2.44. The van der Waals surface area contributed by atoms with E-state index in [0.717, 1.165) is 5.56 Å². The number of anilines is 2. The Morgan fingerprint density at radius 2 is 1.88 bits per heavy atom. The molecule has 1 atom stereocenters. The van der Waals surface area contributed by atoms with Crippen LogP contribution in [0, 0.1) is 0 Å². The quantitative estimate of drug-likeness (QED) is 0.631. The van der Waals surface area contributed by atoms with Crippen molar-refractivity contribution in [1.82, 2.24) is 9.97 Å². The minimum atomic E-state index is -0.217. The lowest BCUT2D eigenvalue weighted by atomic mass is 10.1. The van der Waals surface area contributed by atoms with Gasteiger partial charge in [-0.25, -0.2) is 4.98 Å². The molecule has 3 aromatic rings. The summed E-state index contributed by atoms with van der Waals surface area (Å²) in [7, 11) is 0. The number of halogens is 2. The first-order chi connectivity index (χ1) is 12.5. The average molecular weight is 387 g/mol. The maximum atomic E-state index is 12.4. The Labute approximate surface area is 161 Å². The van der Waals surface area contributed by atoms with Gasteiger partial charge in [0.05, 0.1) is 18.4 Å². The van der Waals surface area contributed by atoms with E-state index >= 15 is 0 Å². The maximum Gasteiger partial charge on any atom is 0.255 e. The number of nitrogens with one attached hydrogen (secondary N) is 2. The summed E-state index contributed by atoms with van der Waals surface area (Å²) in [6, 6.07) is 14.3. The summed E-state index contributed by atoms with van der Waals surface area (Å²) in [6.45, 7) is 1.99. The van der Waals surface area contributed by atoms with Crippen molar-refractivity contribution < 1.29 is 4.79 Å². The SMILES string of the molecule is C[C@H](Nc1cncc(Cl)n1)c1cccc(NC(=O)c2cccc(Cl)c2)c1. The Hall–Kier alpha value is -2.63. The standard InChI is InChI=1S/C19H16Cl2N4O/c1-12(23-18-11-22-10-17(21)25-18)13-4-3-7-16(9-13)24-19(26)14-5-2-6-15(20)8-14/h2-12H,1H3,(H,23,25)(H,24,26)/t12-/m0/s1. The molecule has 132 valence electrons. The monoisotopic (exact) mass is 386 g/mol. The summed E-state index contributed by atoms with van der Waals surface area (Å²) in [6.07, 6.45) is 3.08. The Bertz CT molecular complexity index is 933. The molecule has 2 N–H and O–H groups in total. The Balaban J connectivity index is 1.72. The predicted octanol–water partition coefficient (Wildman–Crippen LogP) is 5.21. The molecule has 0 radical (unpaired) electrons. The molecular weight excluding hydrogens is 371 g/mol. The highest BCUT2D eigenvalue weighted by Crippen LogP contribution is 2.22. The van der Waals surface area contributed by atoms with Crippen LogP contribution in [-0.4, -0.2) is 15.9 Å². The summed E-state index contributed by atoms with van der Waals surface area (Å²) in [5, 5.41) is 6.95. The molecule has 3 rings (SSSR count). The molecule has 0 aliphatic carbocycles. The van der Waals surface area contributed by atoms with Crippen LogP contribution in [0.1, 0.15) is 28.9 Å². The van der Waals surface area contributed by atoms with Crippen LogP contribution in [0.2, 0.25) is 10.2 Å². The van der Waals surface area contributed by atoms with Gasteiger partial charge in [0, 0.05) is 16.3 Å². The number of benzene rings is 2. The molecule has 26 heavy (non-hydrogen) atoms. The van der Waals surface area contributed by atoms with Crippen molar-refractivity contribution in [2.45, 2.75) is 13.0 Å². The van der Waals surface area contributed by atoms with Crippen LogP contribution < -0.4 is 10.6 Å². The van der Waals surface area contributed by atoms with E-state index in [9.17, 15) is 4.79 Å². The molecule has 1 heterocycles. The number of hydrogen-bond donors (Lipinski definition) is 2. The Kier molecular flexibility index (Phi) is 5.71. The van der Waals surface area contributed by atoms with Crippen molar-refractivity contribution >= 4 is 40.6 Å². The van der Waals surface area contributed by atoms with Gasteiger partial charge >= 0.3 is 0 Å². The number of aromatic nitrogens is 2. The molecule has 0 saturated heterocycles. The van der Waals surface area contributed by atoms with Gasteiger partial charge in [-0.2, -0.15) is 0 Å². The molecular formula is C19H16Cl2N4O. The van der Waals surface area contributed by atoms with Crippen molar-refractivity contribution in [3.63, 3.8) is 0 Å². The van der Waals surface area contributed by atoms with Crippen molar-refractivity contribution in [3.05, 3.63) is 82.2 Å². The molecule has 7 heteroatoms. The molecule has 0 unspecified atom stereocenters. The highest BCUT2D eigenvalue weighted by Gasteiger charge is 2.10. The van der Waals surface area contributed by atoms with Crippen molar-refractivity contribution in [2.75, 3.05) is 10.6 Å². The Morgan fingerprint density at radius 1 is 1.08 bits per heavy atom. The van der Waals surface area contributed by atoms with E-state index in [1.54, 1.807) is 30.5 Å². The molecule has 5 nitrogen and oxygen atoms in total. The molecule has 1 aromatic heterocycles. The molecule has 0 spiro atoms. The van der Waals surface area contributed by atoms with Crippen molar-refractivity contribution in [1.29, 1.82) is 0 Å². The summed E-state index contributed by atoms with van der Waals surface area (Å²) in [4.78, 5) is 20.5. The number of nitrogens with zero attached hydrogens (tertiary/aromatic N) is 2. The van der Waals surface area contributed by atoms with Gasteiger partial charge in [-0.1, -0.05) is 41.4 Å². The normalized spacial score (nSPS) is 11.7. The zero-order valence-electron chi connectivity index (χ0n) is 13.9. The summed E-state index contributed by atoms with van der Waals surface area (Å²) >= 11 is 11.8. The van der Waals surface area contributed by atoms with Crippen molar-refractivity contribution in [3.8, 4) is 0 Å². The minimum Gasteiger partial charge on any atom is -0.362 e. The second kappa shape index (κ2) is 8.17. The summed E-state index contributed by atoms with van der Waals surface area (Å²) in [5.74, 6) is 0.365. The van der Waals surface area contributed by atoms with Crippen LogP contribution in [0.25, 0.3) is 0 Å². The van der Waals surface area contributed by atoms with Gasteiger partial charge in [-0.05, 0) is 42.8 Å². The lowest BCUT2D eigenvalue weighted by molar-refractivity contribution is 0.102. The molecule has 0 saturated carbocycles. The van der Waals surface area contributed by atoms with Crippen molar-refractivity contribution in [2.24, 2.45) is 0 Å². The molecule has 1 amide bonds. The first-order valence-corrected chi connectivity index (χ1v) is 8.68. The first kappa shape index (κ1) is 18.2. The van der Waals surface area contributed by atoms with Gasteiger partial charge < -0.3 is 10.6 Å². The molecule has 0 fully saturated rings. The van der Waals surface area contributed by atoms with Crippen LogP contribution in [0.15, 0.2) is 60.9 Å². The van der Waals surface area contributed by atoms with Gasteiger partial charge in [-0.3, -0.25) is 9.78 Å². The van der Waals surface area contributed by atoms with Crippen LogP contribution in [-0.2, 0) is 0 Å². The number of hydrogen-bond acceptors (Lipinski definition) is 4. The van der Waals surface area contributed by atoms with Gasteiger partial charge in [0.1, 0.15) is 11.0 Å². The third kappa shape index (κ3) is 4.71. The number of carbonyl (C=O) groups is 1. The van der Waals surface area contributed by atoms with Gasteiger partial charge in [0.15, 0.2) is 0 Å². The molecule has 0 aliphatic heterocycles. The molecule has 0 bridgehead atoms. The van der Waals surface area contributed by atoms with Crippen LogP contribution in [0.4, 0.5) is 11.5 Å². The fraction of sp³-hybridized carbons (Fsp3) is 0.105. The van der Waals surface area contributed by atoms with Gasteiger partial charge in [0.2, 0.25) is 0 Å². The van der Waals surface area contributed by atoms with E-state index in [1.807, 2.05) is 31.2 Å². The number of rotatable bonds is 5. The van der Waals surface area contributed by atoms with E-state index in [1.165, 1.54) is 6.20 Å². The fourth-order valence-corrected chi connectivity index (χ4v) is 2.77. The minimum absolute atomic E-state index is 0.0502. The second-order valence-electron chi connectivity index (χ2n) is 5.68. The zero-order chi connectivity index (χ0) is 18.5. The highest BCUT2D eigenvalue weighted by atomic mass is 35.5. The van der Waals surface area contributed by atoms with Gasteiger partial charge in [-0.15, -0.1) is 0 Å². The van der Waals surface area contributed by atoms with Gasteiger partial charge in [0.25, 0.3) is 5.91 Å². The second-order valence-corrected chi connectivity index (χ2v) is 6.51. The van der Waals surface area contributed by atoms with Crippen LogP contribution >= 0.6 is 23.2 Å². The number of amides is 1. The number of carbonyl (C=O) groups excluding carboxylic acids is 1. The van der Waals surface area contributed by atoms with E-state index in [2.05, 4.69) is 20.6 Å². The zero-order valence-corrected chi connectivity index (χ0v) is 15.4. The smallest absolute Gasteiger partial charge is 0.255 e. The van der Waals surface area contributed by atoms with E-state index < -0.39 is 0 Å². The lowest BCUT2D eigenvalue weighted by Gasteiger charge is -2.16. The van der Waals surface area contributed by atoms with Crippen LogP contribution in [0.3, 0.4) is 0 Å². The Morgan fingerprint density at radius 3 is 2.65 bits per heavy atom. The maximum absolute atomic E-state index is 12.4. The predicted molar refractivity (Wildman–Crippen MR) is 105 cm³/mol. The third-order valence-corrected chi connectivity index (χ3v) is 4.12. The van der Waals surface area contributed by atoms with Crippen LogP contribution in [0.5, 0.6) is 0 Å². The summed E-state index contributed by atoms with van der Waals surface area (Å²) < 4.78 is 0. The van der Waals surface area contributed by atoms with E-state index in [0.29, 0.717) is 27.2 Å². The van der Waals surface area contributed by atoms with E-state index in [4.69, 9.17) is 23.2 Å². The summed E-state index contributed by atoms with van der Waals surface area (Å²) in [5.41, 5.74) is 2.18. The molecule has 2 aromatic carbocycles.